The number of aromatic hydroxyl groups is 1. The van der Waals surface area contributed by atoms with Crippen molar-refractivity contribution in [1.29, 1.82) is 0 Å². The van der Waals surface area contributed by atoms with Crippen LogP contribution in [0.25, 0.3) is 0 Å². The summed E-state index contributed by atoms with van der Waals surface area (Å²) in [6.07, 6.45) is 0.714. The molecule has 0 radical (unpaired) electrons. The van der Waals surface area contributed by atoms with Gasteiger partial charge in [0.15, 0.2) is 12.7 Å². The van der Waals surface area contributed by atoms with Crippen molar-refractivity contribution in [2.75, 3.05) is 19.7 Å². The normalized spacial score (nSPS) is 15.2. The molecule has 2 N–H and O–H groups in total. The molecule has 3 rings (SSSR count). The highest BCUT2D eigenvalue weighted by molar-refractivity contribution is 5.81. The van der Waals surface area contributed by atoms with Gasteiger partial charge in [0.05, 0.1) is 0 Å². The first-order valence-corrected chi connectivity index (χ1v) is 11.0. The lowest BCUT2D eigenvalue weighted by Crippen LogP contribution is -2.50. The number of nitrogens with one attached hydrogen (secondary N) is 1. The SMILES string of the molecule is Cc1ccc(C)c(OCC(=O)N2CCC(NC(=O)C(C)Oc3ccc(O)cc3)CC2)c1C. The lowest BCUT2D eigenvalue weighted by molar-refractivity contribution is -0.134. The van der Waals surface area contributed by atoms with E-state index in [0.29, 0.717) is 31.7 Å². The Balaban J connectivity index is 1.43. The van der Waals surface area contributed by atoms with Crippen LogP contribution in [0.3, 0.4) is 0 Å². The van der Waals surface area contributed by atoms with Gasteiger partial charge in [0.2, 0.25) is 0 Å². The number of phenols is 1. The summed E-state index contributed by atoms with van der Waals surface area (Å²) in [6, 6.07) is 10.3. The van der Waals surface area contributed by atoms with Gasteiger partial charge >= 0.3 is 0 Å². The lowest BCUT2D eigenvalue weighted by atomic mass is 10.0. The third-order valence-corrected chi connectivity index (χ3v) is 5.93. The summed E-state index contributed by atoms with van der Waals surface area (Å²) in [5.41, 5.74) is 3.21. The molecule has 1 aliphatic heterocycles. The minimum atomic E-state index is -0.659. The van der Waals surface area contributed by atoms with Crippen LogP contribution in [0, 0.1) is 20.8 Å². The summed E-state index contributed by atoms with van der Waals surface area (Å²) in [5, 5.41) is 12.3. The fourth-order valence-corrected chi connectivity index (χ4v) is 3.75. The van der Waals surface area contributed by atoms with Crippen molar-refractivity contribution in [3.05, 3.63) is 53.1 Å². The molecule has 1 saturated heterocycles. The number of ether oxygens (including phenoxy) is 2. The minimum Gasteiger partial charge on any atom is -0.508 e. The summed E-state index contributed by atoms with van der Waals surface area (Å²) < 4.78 is 11.5. The summed E-state index contributed by atoms with van der Waals surface area (Å²) >= 11 is 0. The third-order valence-electron chi connectivity index (χ3n) is 5.93. The molecule has 2 aromatic rings. The van der Waals surface area contributed by atoms with Crippen molar-refractivity contribution in [3.8, 4) is 17.2 Å². The Bertz CT molecular complexity index is 950. The third kappa shape index (κ3) is 5.93. The number of hydrogen-bond donors (Lipinski definition) is 2. The summed E-state index contributed by atoms with van der Waals surface area (Å²) in [6.45, 7) is 8.86. The molecule has 32 heavy (non-hydrogen) atoms. The van der Waals surface area contributed by atoms with E-state index in [-0.39, 0.29) is 30.2 Å². The van der Waals surface area contributed by atoms with Gasteiger partial charge in [0, 0.05) is 19.1 Å². The number of phenolic OH excluding ortho intramolecular Hbond substituents is 1. The average molecular weight is 441 g/mol. The molecule has 2 aromatic carbocycles. The molecule has 1 heterocycles. The van der Waals surface area contributed by atoms with Gasteiger partial charge in [-0.05, 0) is 81.5 Å². The van der Waals surface area contributed by atoms with Gasteiger partial charge < -0.3 is 24.8 Å². The number of benzene rings is 2. The summed E-state index contributed by atoms with van der Waals surface area (Å²) in [5.74, 6) is 1.20. The first-order valence-electron chi connectivity index (χ1n) is 11.0. The van der Waals surface area contributed by atoms with Crippen LogP contribution in [-0.2, 0) is 9.59 Å². The molecule has 2 amide bonds. The zero-order valence-electron chi connectivity index (χ0n) is 19.2. The van der Waals surface area contributed by atoms with Crippen molar-refractivity contribution >= 4 is 11.8 Å². The first kappa shape index (κ1) is 23.4. The zero-order chi connectivity index (χ0) is 23.3. The van der Waals surface area contributed by atoms with Gasteiger partial charge in [-0.1, -0.05) is 12.1 Å². The van der Waals surface area contributed by atoms with E-state index in [0.717, 1.165) is 22.4 Å². The highest BCUT2D eigenvalue weighted by atomic mass is 16.5. The molecule has 0 saturated carbocycles. The van der Waals surface area contributed by atoms with Crippen LogP contribution in [0.5, 0.6) is 17.2 Å². The highest BCUT2D eigenvalue weighted by Gasteiger charge is 2.26. The van der Waals surface area contributed by atoms with Gasteiger partial charge in [-0.25, -0.2) is 0 Å². The smallest absolute Gasteiger partial charge is 0.260 e. The monoisotopic (exact) mass is 440 g/mol. The van der Waals surface area contributed by atoms with Crippen molar-refractivity contribution in [2.24, 2.45) is 0 Å². The van der Waals surface area contributed by atoms with E-state index in [4.69, 9.17) is 9.47 Å². The maximum atomic E-state index is 12.6. The molecule has 172 valence electrons. The molecular weight excluding hydrogens is 408 g/mol. The van der Waals surface area contributed by atoms with E-state index >= 15 is 0 Å². The van der Waals surface area contributed by atoms with E-state index in [2.05, 4.69) is 11.4 Å². The van der Waals surface area contributed by atoms with Crippen LogP contribution < -0.4 is 14.8 Å². The summed E-state index contributed by atoms with van der Waals surface area (Å²) in [4.78, 5) is 26.9. The second-order valence-corrected chi connectivity index (χ2v) is 8.36. The van der Waals surface area contributed by atoms with E-state index in [9.17, 15) is 14.7 Å². The van der Waals surface area contributed by atoms with Gasteiger partial charge in [-0.3, -0.25) is 9.59 Å². The number of carbonyl (C=O) groups excluding carboxylic acids is 2. The largest absolute Gasteiger partial charge is 0.508 e. The number of hydrogen-bond acceptors (Lipinski definition) is 5. The quantitative estimate of drug-likeness (QED) is 0.690. The second-order valence-electron chi connectivity index (χ2n) is 8.36. The molecule has 7 heteroatoms. The topological polar surface area (TPSA) is 88.1 Å². The van der Waals surface area contributed by atoms with Crippen molar-refractivity contribution < 1.29 is 24.2 Å². The van der Waals surface area contributed by atoms with Crippen LogP contribution in [0.4, 0.5) is 0 Å². The van der Waals surface area contributed by atoms with Crippen LogP contribution in [0.2, 0.25) is 0 Å². The van der Waals surface area contributed by atoms with Crippen LogP contribution in [0.15, 0.2) is 36.4 Å². The molecular formula is C25H32N2O5. The van der Waals surface area contributed by atoms with E-state index in [1.807, 2.05) is 26.8 Å². The maximum absolute atomic E-state index is 12.6. The van der Waals surface area contributed by atoms with Crippen molar-refractivity contribution in [1.82, 2.24) is 10.2 Å². The molecule has 0 aromatic heterocycles. The standard InChI is InChI=1S/C25H32N2O5/c1-16-5-6-17(2)24(18(16)3)31-15-23(29)27-13-11-20(12-14-27)26-25(30)19(4)32-22-9-7-21(28)8-10-22/h5-10,19-20,28H,11-15H2,1-4H3,(H,26,30). The summed E-state index contributed by atoms with van der Waals surface area (Å²) in [7, 11) is 0. The Kier molecular flexibility index (Phi) is 7.62. The number of rotatable bonds is 7. The molecule has 7 nitrogen and oxygen atoms in total. The van der Waals surface area contributed by atoms with Crippen molar-refractivity contribution in [2.45, 2.75) is 52.7 Å². The Morgan fingerprint density at radius 3 is 2.34 bits per heavy atom. The molecule has 1 fully saturated rings. The van der Waals surface area contributed by atoms with Gasteiger partial charge in [0.25, 0.3) is 11.8 Å². The van der Waals surface area contributed by atoms with Crippen LogP contribution in [-0.4, -0.2) is 53.7 Å². The minimum absolute atomic E-state index is 0.000372. The number of likely N-dealkylation sites (tertiary alicyclic amines) is 1. The van der Waals surface area contributed by atoms with Gasteiger partial charge in [-0.15, -0.1) is 0 Å². The molecule has 1 atom stereocenters. The molecule has 0 spiro atoms. The number of carbonyl (C=O) groups is 2. The Morgan fingerprint density at radius 1 is 1.06 bits per heavy atom. The fourth-order valence-electron chi connectivity index (χ4n) is 3.75. The molecule has 0 aliphatic carbocycles. The lowest BCUT2D eigenvalue weighted by Gasteiger charge is -2.33. The maximum Gasteiger partial charge on any atom is 0.260 e. The number of nitrogens with zero attached hydrogens (tertiary/aromatic N) is 1. The highest BCUT2D eigenvalue weighted by Crippen LogP contribution is 2.26. The van der Waals surface area contributed by atoms with Crippen molar-refractivity contribution in [3.63, 3.8) is 0 Å². The first-order chi connectivity index (χ1) is 15.2. The average Bonchev–Trinajstić information content (AvgIpc) is 2.78. The van der Waals surface area contributed by atoms with Crippen LogP contribution in [0.1, 0.15) is 36.5 Å². The number of amides is 2. The van der Waals surface area contributed by atoms with E-state index < -0.39 is 6.10 Å². The van der Waals surface area contributed by atoms with E-state index in [1.165, 1.54) is 12.1 Å². The molecule has 1 unspecified atom stereocenters. The Morgan fingerprint density at radius 2 is 1.69 bits per heavy atom. The second kappa shape index (κ2) is 10.4. The Hall–Kier alpha value is -3.22. The molecule has 1 aliphatic rings. The van der Waals surface area contributed by atoms with E-state index in [1.54, 1.807) is 24.0 Å². The van der Waals surface area contributed by atoms with Gasteiger partial charge in [-0.2, -0.15) is 0 Å². The Labute approximate surface area is 189 Å². The fraction of sp³-hybridized carbons (Fsp3) is 0.440. The predicted octanol–water partition coefficient (Wildman–Crippen LogP) is 3.27. The van der Waals surface area contributed by atoms with Gasteiger partial charge in [0.1, 0.15) is 17.2 Å². The zero-order valence-corrected chi connectivity index (χ0v) is 19.2. The number of aryl methyl sites for hydroxylation is 2. The predicted molar refractivity (Wildman–Crippen MR) is 122 cm³/mol. The van der Waals surface area contributed by atoms with Crippen LogP contribution >= 0.6 is 0 Å². The number of piperidine rings is 1. The molecule has 0 bridgehead atoms.